The highest BCUT2D eigenvalue weighted by Gasteiger charge is 2.25. The van der Waals surface area contributed by atoms with Crippen LogP contribution in [0, 0.1) is 0 Å². The summed E-state index contributed by atoms with van der Waals surface area (Å²) in [5.41, 5.74) is 13.2. The van der Waals surface area contributed by atoms with Crippen LogP contribution in [0.5, 0.6) is 0 Å². The molecule has 5 heteroatoms. The summed E-state index contributed by atoms with van der Waals surface area (Å²) in [6, 6.07) is 0.0497. The van der Waals surface area contributed by atoms with Gasteiger partial charge in [-0.05, 0) is 39.7 Å². The highest BCUT2D eigenvalue weighted by Crippen LogP contribution is 2.29. The van der Waals surface area contributed by atoms with Crippen LogP contribution >= 0.6 is 11.3 Å². The molecule has 1 aromatic rings. The lowest BCUT2D eigenvalue weighted by atomic mass is 10.0. The average Bonchev–Trinajstić information content (AvgIpc) is 3.27. The number of hydrogen-bond donors (Lipinski definition) is 2. The van der Waals surface area contributed by atoms with Crippen molar-refractivity contribution >= 4 is 17.0 Å². The molecule has 1 unspecified atom stereocenters. The van der Waals surface area contributed by atoms with Crippen molar-refractivity contribution in [3.8, 4) is 0 Å². The molecule has 0 spiro atoms. The highest BCUT2D eigenvalue weighted by atomic mass is 32.1. The van der Waals surface area contributed by atoms with Gasteiger partial charge in [0.15, 0.2) is 0 Å². The number of allylic oxidation sites excluding steroid dienone is 5. The number of aliphatic imine (C=N–C) groups is 1. The van der Waals surface area contributed by atoms with E-state index in [0.717, 1.165) is 40.6 Å². The molecule has 1 aliphatic heterocycles. The Hall–Kier alpha value is -1.98. The van der Waals surface area contributed by atoms with Crippen molar-refractivity contribution in [2.24, 2.45) is 4.99 Å². The maximum Gasteiger partial charge on any atom is 0.138 e. The van der Waals surface area contributed by atoms with Crippen LogP contribution in [-0.2, 0) is 0 Å². The molecule has 1 aromatic heterocycles. The van der Waals surface area contributed by atoms with Crippen molar-refractivity contribution < 1.29 is 0 Å². The largest absolute Gasteiger partial charge is 0.325 e. The normalized spacial score (nSPS) is 16.7. The van der Waals surface area contributed by atoms with Gasteiger partial charge in [-0.2, -0.15) is 0 Å². The van der Waals surface area contributed by atoms with Gasteiger partial charge in [-0.3, -0.25) is 4.99 Å². The Bertz CT molecular complexity index is 761. The first-order valence-corrected chi connectivity index (χ1v) is 11.0. The van der Waals surface area contributed by atoms with E-state index in [1.54, 1.807) is 17.4 Å². The Labute approximate surface area is 175 Å². The number of hydrazine groups is 1. The van der Waals surface area contributed by atoms with E-state index in [0.29, 0.717) is 0 Å². The molecule has 0 amide bonds. The zero-order valence-electron chi connectivity index (χ0n) is 18.5. The van der Waals surface area contributed by atoms with Gasteiger partial charge in [0.2, 0.25) is 0 Å². The van der Waals surface area contributed by atoms with Gasteiger partial charge in [-0.15, -0.1) is 11.3 Å². The number of hydrogen-bond acceptors (Lipinski definition) is 5. The van der Waals surface area contributed by atoms with Crippen LogP contribution in [0.1, 0.15) is 84.5 Å². The molecule has 1 aliphatic rings. The summed E-state index contributed by atoms with van der Waals surface area (Å²) in [6.45, 7) is 18.5. The predicted octanol–water partition coefficient (Wildman–Crippen LogP) is 6.63. The van der Waals surface area contributed by atoms with E-state index in [-0.39, 0.29) is 6.04 Å². The molecule has 2 heterocycles. The fourth-order valence-corrected chi connectivity index (χ4v) is 3.35. The van der Waals surface area contributed by atoms with Gasteiger partial charge in [0, 0.05) is 16.8 Å². The van der Waals surface area contributed by atoms with Crippen molar-refractivity contribution in [1.29, 1.82) is 0 Å². The lowest BCUT2D eigenvalue weighted by molar-refractivity contribution is 0.582. The van der Waals surface area contributed by atoms with Gasteiger partial charge in [-0.1, -0.05) is 64.0 Å². The number of nitrogens with one attached hydrogen (secondary N) is 2. The minimum absolute atomic E-state index is 0.0497. The summed E-state index contributed by atoms with van der Waals surface area (Å²) in [7, 11) is 0. The summed E-state index contributed by atoms with van der Waals surface area (Å²) in [5, 5.41) is 3.13. The van der Waals surface area contributed by atoms with E-state index in [1.807, 2.05) is 6.08 Å². The Morgan fingerprint density at radius 3 is 2.54 bits per heavy atom. The van der Waals surface area contributed by atoms with E-state index in [1.165, 1.54) is 17.6 Å². The fourth-order valence-electron chi connectivity index (χ4n) is 2.49. The third-order valence-corrected chi connectivity index (χ3v) is 5.05. The van der Waals surface area contributed by atoms with Crippen LogP contribution < -0.4 is 10.9 Å². The number of aromatic nitrogens is 1. The van der Waals surface area contributed by atoms with Gasteiger partial charge in [0.25, 0.3) is 0 Å². The molecule has 0 radical (unpaired) electrons. The average molecular weight is 401 g/mol. The SMILES string of the molecule is C=C/C=C\C1=C(C)NNC1c1csc(C(CCC)=NC(C)=C(C)C)n1.CCC. The van der Waals surface area contributed by atoms with E-state index in [4.69, 9.17) is 9.98 Å². The third kappa shape index (κ3) is 6.88. The molecule has 4 nitrogen and oxygen atoms in total. The molecular weight excluding hydrogens is 364 g/mol. The Morgan fingerprint density at radius 1 is 1.29 bits per heavy atom. The second-order valence-electron chi connectivity index (χ2n) is 7.06. The zero-order chi connectivity index (χ0) is 21.1. The second kappa shape index (κ2) is 12.5. The van der Waals surface area contributed by atoms with Crippen molar-refractivity contribution in [3.05, 3.63) is 63.4 Å². The van der Waals surface area contributed by atoms with Crippen LogP contribution in [0.25, 0.3) is 0 Å². The molecule has 1 atom stereocenters. The van der Waals surface area contributed by atoms with Gasteiger partial charge < -0.3 is 5.43 Å². The number of rotatable bonds is 7. The van der Waals surface area contributed by atoms with Crippen LogP contribution in [0.2, 0.25) is 0 Å². The standard InChI is InChI=1S/C20H28N4S.C3H8/c1-7-9-11-16-15(6)23-24-19(16)18-12-25-20(22-18)17(10-8-2)21-14(5)13(3)4;1-3-2/h7,9,11-12,19,23-24H,1,8,10H2,2-6H3;3H2,1-2H3/b11-9-,21-17?;. The highest BCUT2D eigenvalue weighted by molar-refractivity contribution is 7.11. The molecule has 0 aliphatic carbocycles. The van der Waals surface area contributed by atoms with Crippen LogP contribution in [-0.4, -0.2) is 10.7 Å². The van der Waals surface area contributed by atoms with Gasteiger partial charge in [-0.25, -0.2) is 10.4 Å². The minimum Gasteiger partial charge on any atom is -0.325 e. The van der Waals surface area contributed by atoms with E-state index >= 15 is 0 Å². The molecule has 0 bridgehead atoms. The second-order valence-corrected chi connectivity index (χ2v) is 7.91. The molecule has 0 saturated carbocycles. The van der Waals surface area contributed by atoms with Gasteiger partial charge in [0.05, 0.1) is 17.4 Å². The lowest BCUT2D eigenvalue weighted by Crippen LogP contribution is -2.26. The quantitative estimate of drug-likeness (QED) is 0.399. The Morgan fingerprint density at radius 2 is 1.96 bits per heavy atom. The summed E-state index contributed by atoms with van der Waals surface area (Å²) in [5.74, 6) is 0. The van der Waals surface area contributed by atoms with Crippen LogP contribution in [0.3, 0.4) is 0 Å². The molecule has 0 saturated heterocycles. The van der Waals surface area contributed by atoms with E-state index in [2.05, 4.69) is 77.4 Å². The molecular formula is C23H36N4S. The first-order valence-electron chi connectivity index (χ1n) is 10.1. The maximum atomic E-state index is 4.89. The van der Waals surface area contributed by atoms with Crippen LogP contribution in [0.15, 0.2) is 57.7 Å². The summed E-state index contributed by atoms with van der Waals surface area (Å²) in [4.78, 5) is 9.71. The lowest BCUT2D eigenvalue weighted by Gasteiger charge is -2.09. The van der Waals surface area contributed by atoms with Gasteiger partial charge >= 0.3 is 0 Å². The van der Waals surface area contributed by atoms with Crippen molar-refractivity contribution in [2.45, 2.75) is 73.8 Å². The Kier molecular flexibility index (Phi) is 10.7. The van der Waals surface area contributed by atoms with Crippen LogP contribution in [0.4, 0.5) is 0 Å². The van der Waals surface area contributed by atoms with Gasteiger partial charge in [0.1, 0.15) is 5.01 Å². The predicted molar refractivity (Wildman–Crippen MR) is 125 cm³/mol. The molecule has 28 heavy (non-hydrogen) atoms. The molecule has 2 N–H and O–H groups in total. The first kappa shape index (κ1) is 24.1. The first-order chi connectivity index (χ1) is 13.4. The summed E-state index contributed by atoms with van der Waals surface area (Å²) < 4.78 is 0. The molecule has 0 aromatic carbocycles. The number of nitrogens with zero attached hydrogens (tertiary/aromatic N) is 2. The molecule has 0 fully saturated rings. The van der Waals surface area contributed by atoms with E-state index < -0.39 is 0 Å². The van der Waals surface area contributed by atoms with Crippen molar-refractivity contribution in [3.63, 3.8) is 0 Å². The smallest absolute Gasteiger partial charge is 0.138 e. The fraction of sp³-hybridized carbons (Fsp3) is 0.478. The molecule has 2 rings (SSSR count). The topological polar surface area (TPSA) is 49.3 Å². The maximum absolute atomic E-state index is 4.89. The van der Waals surface area contributed by atoms with Crippen molar-refractivity contribution in [2.75, 3.05) is 0 Å². The summed E-state index contributed by atoms with van der Waals surface area (Å²) in [6.07, 6.45) is 9.06. The van der Waals surface area contributed by atoms with E-state index in [9.17, 15) is 0 Å². The number of thiazole rings is 1. The summed E-state index contributed by atoms with van der Waals surface area (Å²) >= 11 is 1.67. The minimum atomic E-state index is 0.0497. The molecule has 154 valence electrons. The zero-order valence-corrected chi connectivity index (χ0v) is 19.3. The Balaban J connectivity index is 0.00000122. The monoisotopic (exact) mass is 400 g/mol. The van der Waals surface area contributed by atoms with Crippen molar-refractivity contribution in [1.82, 2.24) is 15.8 Å². The third-order valence-electron chi connectivity index (χ3n) is 4.14.